The van der Waals surface area contributed by atoms with Crippen LogP contribution in [0, 0.1) is 5.92 Å². The molecule has 2 N–H and O–H groups in total. The van der Waals surface area contributed by atoms with Gasteiger partial charge in [-0.25, -0.2) is 18.2 Å². The van der Waals surface area contributed by atoms with E-state index in [0.717, 1.165) is 6.42 Å². The van der Waals surface area contributed by atoms with Crippen molar-refractivity contribution >= 4 is 0 Å². The van der Waals surface area contributed by atoms with Crippen LogP contribution in [0.3, 0.4) is 0 Å². The number of nitrogens with zero attached hydrogens (tertiary/aromatic N) is 2. The third-order valence-electron chi connectivity index (χ3n) is 3.64. The largest absolute Gasteiger partial charge is 0.491 e. The fourth-order valence-electron chi connectivity index (χ4n) is 2.55. The van der Waals surface area contributed by atoms with Gasteiger partial charge < -0.3 is 10.5 Å². The smallest absolute Gasteiger partial charge is 0.284 e. The predicted molar refractivity (Wildman–Crippen MR) is 90.2 cm³/mol. The standard InChI is InChI=1S/C18H22F3N3O/c1-11(7-12(2)22)10-25-16-4-3-15(24-17(16)18(20)21)13-5-6-23-14(8-13)9-19/h3-6,8,11-12,18H,7,9-10,22H2,1-2H3. The summed E-state index contributed by atoms with van der Waals surface area (Å²) in [5, 5.41) is 0. The molecule has 4 nitrogen and oxygen atoms in total. The van der Waals surface area contributed by atoms with Crippen molar-refractivity contribution in [1.82, 2.24) is 9.97 Å². The van der Waals surface area contributed by atoms with Crippen LogP contribution in [0.1, 0.15) is 38.1 Å². The Morgan fingerprint density at radius 2 is 1.96 bits per heavy atom. The van der Waals surface area contributed by atoms with Gasteiger partial charge in [0, 0.05) is 17.8 Å². The van der Waals surface area contributed by atoms with E-state index in [0.29, 0.717) is 11.3 Å². The zero-order valence-corrected chi connectivity index (χ0v) is 14.3. The van der Waals surface area contributed by atoms with Gasteiger partial charge in [-0.15, -0.1) is 0 Å². The van der Waals surface area contributed by atoms with Crippen LogP contribution < -0.4 is 10.5 Å². The lowest BCUT2D eigenvalue weighted by Gasteiger charge is -2.17. The van der Waals surface area contributed by atoms with Crippen molar-refractivity contribution in [3.63, 3.8) is 0 Å². The first-order valence-electron chi connectivity index (χ1n) is 8.09. The van der Waals surface area contributed by atoms with Gasteiger partial charge in [0.15, 0.2) is 0 Å². The summed E-state index contributed by atoms with van der Waals surface area (Å²) in [4.78, 5) is 7.85. The van der Waals surface area contributed by atoms with E-state index in [1.807, 2.05) is 13.8 Å². The number of alkyl halides is 3. The summed E-state index contributed by atoms with van der Waals surface area (Å²) in [7, 11) is 0. The van der Waals surface area contributed by atoms with Crippen molar-refractivity contribution in [2.24, 2.45) is 11.7 Å². The molecule has 7 heteroatoms. The van der Waals surface area contributed by atoms with Crippen molar-refractivity contribution in [3.05, 3.63) is 41.9 Å². The van der Waals surface area contributed by atoms with Gasteiger partial charge >= 0.3 is 0 Å². The molecule has 0 aliphatic heterocycles. The summed E-state index contributed by atoms with van der Waals surface area (Å²) >= 11 is 0. The number of pyridine rings is 2. The highest BCUT2D eigenvalue weighted by atomic mass is 19.3. The van der Waals surface area contributed by atoms with Crippen LogP contribution in [0.25, 0.3) is 11.3 Å². The molecule has 2 atom stereocenters. The fourth-order valence-corrected chi connectivity index (χ4v) is 2.55. The highest BCUT2D eigenvalue weighted by Crippen LogP contribution is 2.31. The summed E-state index contributed by atoms with van der Waals surface area (Å²) in [5.74, 6) is 0.188. The third-order valence-corrected chi connectivity index (χ3v) is 3.64. The molecule has 2 unspecified atom stereocenters. The van der Waals surface area contributed by atoms with Crippen molar-refractivity contribution in [2.45, 2.75) is 39.4 Å². The second-order valence-corrected chi connectivity index (χ2v) is 6.18. The molecular weight excluding hydrogens is 331 g/mol. The van der Waals surface area contributed by atoms with Crippen LogP contribution in [0.5, 0.6) is 5.75 Å². The van der Waals surface area contributed by atoms with E-state index in [2.05, 4.69) is 9.97 Å². The zero-order valence-electron chi connectivity index (χ0n) is 14.3. The molecule has 136 valence electrons. The molecular formula is C18H22F3N3O. The van der Waals surface area contributed by atoms with E-state index in [4.69, 9.17) is 10.5 Å². The number of hydrogen-bond donors (Lipinski definition) is 1. The van der Waals surface area contributed by atoms with Crippen molar-refractivity contribution < 1.29 is 17.9 Å². The van der Waals surface area contributed by atoms with E-state index < -0.39 is 18.8 Å². The van der Waals surface area contributed by atoms with Gasteiger partial charge in [0.25, 0.3) is 6.43 Å². The molecule has 2 rings (SSSR count). The molecule has 0 amide bonds. The molecule has 0 aromatic carbocycles. The van der Waals surface area contributed by atoms with E-state index in [1.54, 1.807) is 12.1 Å². The van der Waals surface area contributed by atoms with Gasteiger partial charge in [-0.1, -0.05) is 6.92 Å². The van der Waals surface area contributed by atoms with Crippen LogP contribution in [0.2, 0.25) is 0 Å². The number of halogens is 3. The summed E-state index contributed by atoms with van der Waals surface area (Å²) in [6.45, 7) is 3.39. The monoisotopic (exact) mass is 353 g/mol. The van der Waals surface area contributed by atoms with Gasteiger partial charge in [-0.05, 0) is 43.5 Å². The van der Waals surface area contributed by atoms with E-state index in [9.17, 15) is 13.2 Å². The minimum atomic E-state index is -2.78. The highest BCUT2D eigenvalue weighted by Gasteiger charge is 2.19. The minimum Gasteiger partial charge on any atom is -0.491 e. The number of aromatic nitrogens is 2. The van der Waals surface area contributed by atoms with Crippen molar-refractivity contribution in [2.75, 3.05) is 6.61 Å². The summed E-state index contributed by atoms with van der Waals surface area (Å²) in [5.41, 5.74) is 6.38. The second kappa shape index (κ2) is 8.80. The van der Waals surface area contributed by atoms with E-state index in [-0.39, 0.29) is 30.0 Å². The summed E-state index contributed by atoms with van der Waals surface area (Å²) in [6.07, 6.45) is -0.617. The Balaban J connectivity index is 2.22. The van der Waals surface area contributed by atoms with Gasteiger partial charge in [0.2, 0.25) is 0 Å². The molecule has 25 heavy (non-hydrogen) atoms. The van der Waals surface area contributed by atoms with Gasteiger partial charge in [0.05, 0.1) is 18.0 Å². The van der Waals surface area contributed by atoms with Gasteiger partial charge in [-0.3, -0.25) is 4.98 Å². The maximum atomic E-state index is 13.4. The Labute approximate surface area is 145 Å². The number of hydrogen-bond acceptors (Lipinski definition) is 4. The molecule has 2 heterocycles. The lowest BCUT2D eigenvalue weighted by atomic mass is 10.0. The lowest BCUT2D eigenvalue weighted by molar-refractivity contribution is 0.137. The first-order valence-corrected chi connectivity index (χ1v) is 8.09. The molecule has 2 aromatic heterocycles. The Kier molecular flexibility index (Phi) is 6.75. The fraction of sp³-hybridized carbons (Fsp3) is 0.444. The molecule has 0 aliphatic rings. The third kappa shape index (κ3) is 5.42. The zero-order chi connectivity index (χ0) is 18.4. The average molecular weight is 353 g/mol. The summed E-state index contributed by atoms with van der Waals surface area (Å²) < 4.78 is 45.0. The Bertz CT molecular complexity index is 695. The number of rotatable bonds is 8. The van der Waals surface area contributed by atoms with Crippen LogP contribution in [-0.4, -0.2) is 22.6 Å². The number of ether oxygens (including phenoxy) is 1. The van der Waals surface area contributed by atoms with Crippen LogP contribution >= 0.6 is 0 Å². The summed E-state index contributed by atoms with van der Waals surface area (Å²) in [6, 6.07) is 6.16. The highest BCUT2D eigenvalue weighted by molar-refractivity contribution is 5.60. The van der Waals surface area contributed by atoms with Gasteiger partial charge in [0.1, 0.15) is 18.1 Å². The SMILES string of the molecule is CC(N)CC(C)COc1ccc(-c2ccnc(CF)c2)nc1C(F)F. The van der Waals surface area contributed by atoms with Crippen molar-refractivity contribution in [3.8, 4) is 17.0 Å². The molecule has 0 saturated heterocycles. The first kappa shape index (κ1) is 19.2. The normalized spacial score (nSPS) is 13.7. The predicted octanol–water partition coefficient (Wildman–Crippen LogP) is 4.30. The second-order valence-electron chi connectivity index (χ2n) is 6.18. The van der Waals surface area contributed by atoms with Crippen LogP contribution in [-0.2, 0) is 6.67 Å². The molecule has 0 fully saturated rings. The minimum absolute atomic E-state index is 0.0186. The van der Waals surface area contributed by atoms with E-state index >= 15 is 0 Å². The lowest BCUT2D eigenvalue weighted by Crippen LogP contribution is -2.21. The Hall–Kier alpha value is -2.15. The first-order chi connectivity index (χ1) is 11.9. The molecule has 0 saturated carbocycles. The molecule has 0 spiro atoms. The van der Waals surface area contributed by atoms with Crippen LogP contribution in [0.15, 0.2) is 30.5 Å². The molecule has 2 aromatic rings. The quantitative estimate of drug-likeness (QED) is 0.768. The van der Waals surface area contributed by atoms with Crippen molar-refractivity contribution in [1.29, 1.82) is 0 Å². The number of nitrogens with two attached hydrogens (primary N) is 1. The topological polar surface area (TPSA) is 61.0 Å². The van der Waals surface area contributed by atoms with Crippen LogP contribution in [0.4, 0.5) is 13.2 Å². The molecule has 0 aliphatic carbocycles. The molecule has 0 bridgehead atoms. The average Bonchev–Trinajstić information content (AvgIpc) is 2.59. The Morgan fingerprint density at radius 1 is 1.20 bits per heavy atom. The Morgan fingerprint density at radius 3 is 2.60 bits per heavy atom. The molecule has 0 radical (unpaired) electrons. The maximum absolute atomic E-state index is 13.4. The van der Waals surface area contributed by atoms with E-state index in [1.165, 1.54) is 18.3 Å². The van der Waals surface area contributed by atoms with Gasteiger partial charge in [-0.2, -0.15) is 0 Å². The maximum Gasteiger partial charge on any atom is 0.284 e.